The summed E-state index contributed by atoms with van der Waals surface area (Å²) >= 11 is 0. The van der Waals surface area contributed by atoms with Crippen molar-refractivity contribution in [2.24, 2.45) is 0 Å². The van der Waals surface area contributed by atoms with Gasteiger partial charge in [-0.05, 0) is 38.0 Å². The summed E-state index contributed by atoms with van der Waals surface area (Å²) in [6.45, 7) is 3.14. The van der Waals surface area contributed by atoms with E-state index in [1.54, 1.807) is 13.1 Å². The molecule has 6 nitrogen and oxygen atoms in total. The lowest BCUT2D eigenvalue weighted by molar-refractivity contribution is 0.0903. The van der Waals surface area contributed by atoms with Gasteiger partial charge in [0.25, 0.3) is 0 Å². The van der Waals surface area contributed by atoms with E-state index in [0.717, 1.165) is 48.8 Å². The Bertz CT molecular complexity index is 913. The van der Waals surface area contributed by atoms with Crippen LogP contribution in [0.2, 0.25) is 0 Å². The third kappa shape index (κ3) is 3.25. The van der Waals surface area contributed by atoms with Crippen molar-refractivity contribution in [3.8, 4) is 11.3 Å². The number of rotatable bonds is 4. The van der Waals surface area contributed by atoms with Crippen LogP contribution in [0.3, 0.4) is 0 Å². The minimum atomic E-state index is 0.0468. The number of carbonyl (C=O) groups excluding carboxylic acids is 1. The number of anilines is 1. The summed E-state index contributed by atoms with van der Waals surface area (Å²) in [5.41, 5.74) is 3.26. The largest absolute Gasteiger partial charge is 0.381 e. The summed E-state index contributed by atoms with van der Waals surface area (Å²) in [4.78, 5) is 16.1. The maximum Gasteiger partial charge on any atom is 0.159 e. The van der Waals surface area contributed by atoms with Crippen LogP contribution in [0.4, 0.5) is 5.82 Å². The number of ether oxygens (including phenoxy) is 1. The molecule has 4 rings (SSSR count). The molecule has 0 radical (unpaired) electrons. The Balaban J connectivity index is 1.69. The summed E-state index contributed by atoms with van der Waals surface area (Å²) in [5.74, 6) is 0.867. The molecule has 0 unspecified atom stereocenters. The first-order valence-corrected chi connectivity index (χ1v) is 8.51. The van der Waals surface area contributed by atoms with Gasteiger partial charge in [0.05, 0.1) is 11.9 Å². The van der Waals surface area contributed by atoms with Crippen LogP contribution < -0.4 is 5.32 Å². The highest BCUT2D eigenvalue weighted by molar-refractivity contribution is 5.95. The molecule has 2 aromatic heterocycles. The number of hydrogen-bond donors (Lipinski definition) is 1. The number of imidazole rings is 1. The van der Waals surface area contributed by atoms with Gasteiger partial charge in [0, 0.05) is 30.4 Å². The van der Waals surface area contributed by atoms with E-state index in [-0.39, 0.29) is 5.78 Å². The highest BCUT2D eigenvalue weighted by Gasteiger charge is 2.15. The molecule has 25 heavy (non-hydrogen) atoms. The molecule has 1 aliphatic heterocycles. The smallest absolute Gasteiger partial charge is 0.159 e. The average molecular weight is 336 g/mol. The molecule has 1 fully saturated rings. The summed E-state index contributed by atoms with van der Waals surface area (Å²) in [6.07, 6.45) is 3.76. The van der Waals surface area contributed by atoms with Crippen molar-refractivity contribution in [3.63, 3.8) is 0 Å². The molecule has 3 aromatic rings. The summed E-state index contributed by atoms with van der Waals surface area (Å²) < 4.78 is 7.22. The minimum absolute atomic E-state index is 0.0468. The quantitative estimate of drug-likeness (QED) is 0.741. The molecule has 1 aliphatic rings. The molecule has 6 heteroatoms. The molecule has 0 amide bonds. The van der Waals surface area contributed by atoms with Gasteiger partial charge < -0.3 is 10.1 Å². The van der Waals surface area contributed by atoms with Gasteiger partial charge in [0.1, 0.15) is 5.82 Å². The van der Waals surface area contributed by atoms with Crippen LogP contribution >= 0.6 is 0 Å². The Morgan fingerprint density at radius 3 is 2.88 bits per heavy atom. The number of aromatic nitrogens is 3. The number of nitrogens with one attached hydrogen (secondary N) is 1. The average Bonchev–Trinajstić information content (AvgIpc) is 3.06. The normalized spacial score (nSPS) is 15.4. The van der Waals surface area contributed by atoms with Crippen LogP contribution in [0, 0.1) is 0 Å². The molecular weight excluding hydrogens is 316 g/mol. The highest BCUT2D eigenvalue weighted by atomic mass is 16.5. The van der Waals surface area contributed by atoms with Crippen LogP contribution in [0.25, 0.3) is 16.9 Å². The van der Waals surface area contributed by atoms with E-state index in [0.29, 0.717) is 11.6 Å². The molecule has 0 bridgehead atoms. The zero-order valence-corrected chi connectivity index (χ0v) is 14.1. The fourth-order valence-electron chi connectivity index (χ4n) is 3.10. The van der Waals surface area contributed by atoms with Crippen LogP contribution in [0.1, 0.15) is 30.1 Å². The maximum atomic E-state index is 11.6. The predicted octanol–water partition coefficient (Wildman–Crippen LogP) is 3.19. The number of nitrogens with zero attached hydrogens (tertiary/aromatic N) is 3. The number of fused-ring (bicyclic) bond motifs is 1. The molecule has 0 saturated carbocycles. The number of hydrogen-bond acceptors (Lipinski definition) is 5. The Hall–Kier alpha value is -2.73. The third-order valence-corrected chi connectivity index (χ3v) is 4.50. The van der Waals surface area contributed by atoms with Crippen molar-refractivity contribution in [3.05, 3.63) is 48.2 Å². The SMILES string of the molecule is CC(=O)c1cccc(-c2cnc3ccc(NC4CCOCC4)nn23)c1. The third-order valence-electron chi connectivity index (χ3n) is 4.50. The van der Waals surface area contributed by atoms with E-state index in [4.69, 9.17) is 9.84 Å². The van der Waals surface area contributed by atoms with E-state index in [2.05, 4.69) is 10.3 Å². The Morgan fingerprint density at radius 2 is 2.08 bits per heavy atom. The van der Waals surface area contributed by atoms with Crippen LogP contribution in [0.15, 0.2) is 42.6 Å². The minimum Gasteiger partial charge on any atom is -0.381 e. The second-order valence-electron chi connectivity index (χ2n) is 6.30. The zero-order chi connectivity index (χ0) is 17.2. The van der Waals surface area contributed by atoms with E-state index < -0.39 is 0 Å². The van der Waals surface area contributed by atoms with Crippen molar-refractivity contribution in [1.82, 2.24) is 14.6 Å². The molecule has 3 heterocycles. The molecule has 1 N–H and O–H groups in total. The number of carbonyl (C=O) groups is 1. The lowest BCUT2D eigenvalue weighted by Gasteiger charge is -2.23. The second kappa shape index (κ2) is 6.64. The van der Waals surface area contributed by atoms with Crippen LogP contribution in [-0.4, -0.2) is 39.6 Å². The molecule has 0 atom stereocenters. The lowest BCUT2D eigenvalue weighted by atomic mass is 10.1. The van der Waals surface area contributed by atoms with Gasteiger partial charge in [-0.3, -0.25) is 4.79 Å². The highest BCUT2D eigenvalue weighted by Crippen LogP contribution is 2.23. The van der Waals surface area contributed by atoms with Crippen molar-refractivity contribution in [1.29, 1.82) is 0 Å². The van der Waals surface area contributed by atoms with Gasteiger partial charge in [0.2, 0.25) is 0 Å². The number of ketones is 1. The van der Waals surface area contributed by atoms with Gasteiger partial charge >= 0.3 is 0 Å². The van der Waals surface area contributed by atoms with Crippen molar-refractivity contribution in [2.75, 3.05) is 18.5 Å². The monoisotopic (exact) mass is 336 g/mol. The first-order valence-electron chi connectivity index (χ1n) is 8.51. The van der Waals surface area contributed by atoms with Gasteiger partial charge in [-0.1, -0.05) is 18.2 Å². The summed E-state index contributed by atoms with van der Waals surface area (Å²) in [7, 11) is 0. The van der Waals surface area contributed by atoms with Gasteiger partial charge in [-0.15, -0.1) is 5.10 Å². The second-order valence-corrected chi connectivity index (χ2v) is 6.30. The molecule has 0 aliphatic carbocycles. The van der Waals surface area contributed by atoms with E-state index in [9.17, 15) is 4.79 Å². The fraction of sp³-hybridized carbons (Fsp3) is 0.316. The van der Waals surface area contributed by atoms with Gasteiger partial charge in [-0.2, -0.15) is 0 Å². The molecule has 128 valence electrons. The van der Waals surface area contributed by atoms with E-state index >= 15 is 0 Å². The zero-order valence-electron chi connectivity index (χ0n) is 14.1. The summed E-state index contributed by atoms with van der Waals surface area (Å²) in [5, 5.41) is 8.17. The molecular formula is C19H20N4O2. The molecule has 0 spiro atoms. The first-order chi connectivity index (χ1) is 12.2. The number of Topliss-reactive ketones (excluding diaryl/α,β-unsaturated/α-hetero) is 1. The Morgan fingerprint density at radius 1 is 1.24 bits per heavy atom. The topological polar surface area (TPSA) is 68.5 Å². The van der Waals surface area contributed by atoms with E-state index in [1.807, 2.05) is 40.9 Å². The standard InChI is InChI=1S/C19H20N4O2/c1-13(24)14-3-2-4-15(11-14)17-12-20-19-6-5-18(22-23(17)19)21-16-7-9-25-10-8-16/h2-6,11-12,16H,7-10H2,1H3,(H,21,22). The van der Waals surface area contributed by atoms with Gasteiger partial charge in [0.15, 0.2) is 11.4 Å². The predicted molar refractivity (Wildman–Crippen MR) is 95.9 cm³/mol. The molecule has 1 saturated heterocycles. The molecule has 1 aromatic carbocycles. The van der Waals surface area contributed by atoms with Crippen molar-refractivity contribution >= 4 is 17.2 Å². The first kappa shape index (κ1) is 15.8. The van der Waals surface area contributed by atoms with Crippen LogP contribution in [0.5, 0.6) is 0 Å². The Labute approximate surface area is 145 Å². The van der Waals surface area contributed by atoms with E-state index in [1.165, 1.54) is 0 Å². The fourth-order valence-corrected chi connectivity index (χ4v) is 3.10. The maximum absolute atomic E-state index is 11.6. The van der Waals surface area contributed by atoms with Gasteiger partial charge in [-0.25, -0.2) is 9.50 Å². The Kier molecular flexibility index (Phi) is 4.19. The van der Waals surface area contributed by atoms with Crippen molar-refractivity contribution in [2.45, 2.75) is 25.8 Å². The van der Waals surface area contributed by atoms with Crippen LogP contribution in [-0.2, 0) is 4.74 Å². The number of benzene rings is 1. The van der Waals surface area contributed by atoms with Crippen molar-refractivity contribution < 1.29 is 9.53 Å². The lowest BCUT2D eigenvalue weighted by Crippen LogP contribution is -2.28. The summed E-state index contributed by atoms with van der Waals surface area (Å²) in [6, 6.07) is 11.8.